The first-order valence-electron chi connectivity index (χ1n) is 8.13. The van der Waals surface area contributed by atoms with Crippen molar-refractivity contribution in [3.05, 3.63) is 28.8 Å². The lowest BCUT2D eigenvalue weighted by Gasteiger charge is -2.18. The number of hydrogen-bond donors (Lipinski definition) is 3. The van der Waals surface area contributed by atoms with Gasteiger partial charge in [-0.25, -0.2) is 4.79 Å². The zero-order valence-corrected chi connectivity index (χ0v) is 14.9. The summed E-state index contributed by atoms with van der Waals surface area (Å²) in [6.45, 7) is -0.706. The minimum atomic E-state index is -4.58. The van der Waals surface area contributed by atoms with E-state index >= 15 is 0 Å². The van der Waals surface area contributed by atoms with Crippen molar-refractivity contribution in [1.82, 2.24) is 15.5 Å². The van der Waals surface area contributed by atoms with Crippen molar-refractivity contribution >= 4 is 35.1 Å². The van der Waals surface area contributed by atoms with Crippen molar-refractivity contribution in [3.8, 4) is 0 Å². The maximum Gasteiger partial charge on any atom is 0.405 e. The average Bonchev–Trinajstić information content (AvgIpc) is 3.12. The molecule has 0 bridgehead atoms. The molecule has 1 fully saturated rings. The second-order valence-electron chi connectivity index (χ2n) is 5.89. The number of halogens is 4. The molecule has 27 heavy (non-hydrogen) atoms. The largest absolute Gasteiger partial charge is 0.405 e. The highest BCUT2D eigenvalue weighted by molar-refractivity contribution is 6.31. The summed E-state index contributed by atoms with van der Waals surface area (Å²) < 4.78 is 36.1. The van der Waals surface area contributed by atoms with Gasteiger partial charge in [-0.2, -0.15) is 13.2 Å². The van der Waals surface area contributed by atoms with E-state index in [9.17, 15) is 27.6 Å². The molecule has 4 amide bonds. The van der Waals surface area contributed by atoms with E-state index < -0.39 is 31.2 Å². The molecule has 1 saturated heterocycles. The lowest BCUT2D eigenvalue weighted by atomic mass is 10.1. The summed E-state index contributed by atoms with van der Waals surface area (Å²) in [6.07, 6.45) is -2.76. The van der Waals surface area contributed by atoms with Crippen molar-refractivity contribution < 1.29 is 27.6 Å². The Kier molecular flexibility index (Phi) is 6.89. The fourth-order valence-corrected chi connectivity index (χ4v) is 2.68. The highest BCUT2D eigenvalue weighted by Gasteiger charge is 2.28. The first-order valence-corrected chi connectivity index (χ1v) is 8.50. The van der Waals surface area contributed by atoms with Crippen molar-refractivity contribution in [2.75, 3.05) is 31.5 Å². The summed E-state index contributed by atoms with van der Waals surface area (Å²) in [7, 11) is 0. The molecule has 148 valence electrons. The quantitative estimate of drug-likeness (QED) is 0.700. The summed E-state index contributed by atoms with van der Waals surface area (Å²) >= 11 is 5.95. The number of nitrogens with one attached hydrogen (secondary N) is 3. The molecule has 1 aliphatic rings. The van der Waals surface area contributed by atoms with Gasteiger partial charge in [0, 0.05) is 23.8 Å². The Morgan fingerprint density at radius 3 is 2.44 bits per heavy atom. The number of rotatable bonds is 5. The zero-order valence-electron chi connectivity index (χ0n) is 14.2. The minimum Gasteiger partial charge on any atom is -0.375 e. The highest BCUT2D eigenvalue weighted by atomic mass is 35.5. The Bertz CT molecular complexity index is 721. The molecular weight excluding hydrogens is 389 g/mol. The van der Waals surface area contributed by atoms with E-state index in [0.717, 1.165) is 12.8 Å². The zero-order chi connectivity index (χ0) is 20.0. The number of carbonyl (C=O) groups is 3. The summed E-state index contributed by atoms with van der Waals surface area (Å²) in [5.41, 5.74) is 0.612. The van der Waals surface area contributed by atoms with Crippen LogP contribution in [0.1, 0.15) is 23.2 Å². The molecule has 0 atom stereocenters. The third-order valence-corrected chi connectivity index (χ3v) is 3.98. The monoisotopic (exact) mass is 406 g/mol. The molecule has 0 unspecified atom stereocenters. The van der Waals surface area contributed by atoms with Gasteiger partial charge in [0.2, 0.25) is 5.91 Å². The number of amides is 4. The van der Waals surface area contributed by atoms with Gasteiger partial charge < -0.3 is 15.5 Å². The van der Waals surface area contributed by atoms with Gasteiger partial charge in [0.05, 0.1) is 12.1 Å². The molecule has 0 aromatic heterocycles. The molecular formula is C16H18ClF3N4O3. The normalized spacial score (nSPS) is 14.0. The first kappa shape index (κ1) is 20.8. The average molecular weight is 407 g/mol. The number of hydrogen-bond acceptors (Lipinski definition) is 4. The van der Waals surface area contributed by atoms with Gasteiger partial charge in [-0.1, -0.05) is 11.6 Å². The smallest absolute Gasteiger partial charge is 0.375 e. The maximum absolute atomic E-state index is 12.6. The fourth-order valence-electron chi connectivity index (χ4n) is 2.51. The molecule has 1 aliphatic heterocycles. The van der Waals surface area contributed by atoms with E-state index in [0.29, 0.717) is 23.8 Å². The summed E-state index contributed by atoms with van der Waals surface area (Å²) in [5.74, 6) is -1.09. The van der Waals surface area contributed by atoms with Gasteiger partial charge in [0.1, 0.15) is 6.54 Å². The van der Waals surface area contributed by atoms with Crippen LogP contribution in [0.3, 0.4) is 0 Å². The Morgan fingerprint density at radius 1 is 1.15 bits per heavy atom. The molecule has 0 aliphatic carbocycles. The summed E-state index contributed by atoms with van der Waals surface area (Å²) in [5, 5.41) is 6.34. The van der Waals surface area contributed by atoms with Gasteiger partial charge in [0.15, 0.2) is 0 Å². The molecule has 1 aromatic carbocycles. The second-order valence-corrected chi connectivity index (χ2v) is 6.33. The molecule has 0 radical (unpaired) electrons. The van der Waals surface area contributed by atoms with E-state index in [1.54, 1.807) is 10.2 Å². The van der Waals surface area contributed by atoms with Crippen LogP contribution in [0.4, 0.5) is 23.7 Å². The second kappa shape index (κ2) is 8.94. The SMILES string of the molecule is O=C(CNc1ccc(Cl)cc1C(=O)N1CCCC1)NC(=O)NCC(F)(F)F. The standard InChI is InChI=1S/C16H18ClF3N4O3/c17-10-3-4-12(11(7-10)14(26)24-5-1-2-6-24)21-8-13(25)23-15(27)22-9-16(18,19)20/h3-4,7,21H,1-2,5-6,8-9H2,(H2,22,23,25,27). The number of urea groups is 1. The number of alkyl halides is 3. The van der Waals surface area contributed by atoms with Crippen LogP contribution < -0.4 is 16.0 Å². The van der Waals surface area contributed by atoms with Crippen LogP contribution in [0.2, 0.25) is 5.02 Å². The molecule has 2 rings (SSSR count). The molecule has 0 saturated carbocycles. The van der Waals surface area contributed by atoms with Gasteiger partial charge in [-0.3, -0.25) is 14.9 Å². The van der Waals surface area contributed by atoms with Gasteiger partial charge in [-0.15, -0.1) is 0 Å². The Morgan fingerprint density at radius 2 is 1.81 bits per heavy atom. The number of nitrogens with zero attached hydrogens (tertiary/aromatic N) is 1. The van der Waals surface area contributed by atoms with E-state index in [2.05, 4.69) is 5.32 Å². The highest BCUT2D eigenvalue weighted by Crippen LogP contribution is 2.24. The van der Waals surface area contributed by atoms with Crippen molar-refractivity contribution in [2.24, 2.45) is 0 Å². The molecule has 7 nitrogen and oxygen atoms in total. The van der Waals surface area contributed by atoms with Crippen LogP contribution in [0, 0.1) is 0 Å². The van der Waals surface area contributed by atoms with E-state index in [4.69, 9.17) is 11.6 Å². The predicted octanol–water partition coefficient (Wildman–Crippen LogP) is 2.38. The lowest BCUT2D eigenvalue weighted by molar-refractivity contribution is -0.124. The predicted molar refractivity (Wildman–Crippen MR) is 92.7 cm³/mol. The van der Waals surface area contributed by atoms with Crippen LogP contribution in [-0.4, -0.2) is 55.1 Å². The fraction of sp³-hybridized carbons (Fsp3) is 0.438. The minimum absolute atomic E-state index is 0.235. The van der Waals surface area contributed by atoms with Gasteiger partial charge in [0.25, 0.3) is 5.91 Å². The Balaban J connectivity index is 1.94. The molecule has 0 spiro atoms. The molecule has 3 N–H and O–H groups in total. The van der Waals surface area contributed by atoms with Crippen molar-refractivity contribution in [1.29, 1.82) is 0 Å². The molecule has 1 heterocycles. The van der Waals surface area contributed by atoms with E-state index in [1.165, 1.54) is 23.5 Å². The van der Waals surface area contributed by atoms with Crippen LogP contribution in [0.25, 0.3) is 0 Å². The molecule has 11 heteroatoms. The summed E-state index contributed by atoms with van der Waals surface area (Å²) in [4.78, 5) is 37.2. The van der Waals surface area contributed by atoms with Crippen LogP contribution in [0.5, 0.6) is 0 Å². The van der Waals surface area contributed by atoms with E-state index in [1.807, 2.05) is 0 Å². The third-order valence-electron chi connectivity index (χ3n) is 3.75. The maximum atomic E-state index is 12.6. The number of anilines is 1. The number of likely N-dealkylation sites (tertiary alicyclic amines) is 1. The third kappa shape index (κ3) is 6.63. The van der Waals surface area contributed by atoms with Gasteiger partial charge in [-0.05, 0) is 31.0 Å². The van der Waals surface area contributed by atoms with E-state index in [-0.39, 0.29) is 11.5 Å². The lowest BCUT2D eigenvalue weighted by Crippen LogP contribution is -2.45. The Labute approximate surface area is 158 Å². The summed E-state index contributed by atoms with van der Waals surface area (Å²) in [6, 6.07) is 3.25. The number of benzene rings is 1. The van der Waals surface area contributed by atoms with Crippen LogP contribution in [0.15, 0.2) is 18.2 Å². The van der Waals surface area contributed by atoms with Crippen molar-refractivity contribution in [2.45, 2.75) is 19.0 Å². The number of carbonyl (C=O) groups excluding carboxylic acids is 3. The Hall–Kier alpha value is -2.49. The first-order chi connectivity index (χ1) is 12.7. The topological polar surface area (TPSA) is 90.5 Å². The van der Waals surface area contributed by atoms with Gasteiger partial charge >= 0.3 is 12.2 Å². The van der Waals surface area contributed by atoms with Crippen molar-refractivity contribution in [3.63, 3.8) is 0 Å². The molecule has 1 aromatic rings. The van der Waals surface area contributed by atoms with Crippen LogP contribution >= 0.6 is 11.6 Å². The number of imide groups is 1. The van der Waals surface area contributed by atoms with Crippen LogP contribution in [-0.2, 0) is 4.79 Å².